The molecule has 0 aromatic carbocycles. The quantitative estimate of drug-likeness (QED) is 0.882. The minimum atomic E-state index is -0.427. The molecule has 0 radical (unpaired) electrons. The fraction of sp³-hybridized carbons (Fsp3) is 0.600. The Bertz CT molecular complexity index is 490. The SMILES string of the molecule is CCNc1cc(C(=O)N2CCC(C)C(O)C2)cc(C)n1. The number of aliphatic hydroxyl groups excluding tert-OH is 1. The molecular weight excluding hydrogens is 254 g/mol. The molecule has 2 unspecified atom stereocenters. The number of aromatic nitrogens is 1. The molecule has 1 aliphatic rings. The van der Waals surface area contributed by atoms with Crippen LogP contribution >= 0.6 is 0 Å². The van der Waals surface area contributed by atoms with Crippen LogP contribution in [0.3, 0.4) is 0 Å². The van der Waals surface area contributed by atoms with Crippen LogP contribution in [0.4, 0.5) is 5.82 Å². The number of piperidine rings is 1. The largest absolute Gasteiger partial charge is 0.391 e. The lowest BCUT2D eigenvalue weighted by Crippen LogP contribution is -2.45. The van der Waals surface area contributed by atoms with E-state index in [9.17, 15) is 9.90 Å². The van der Waals surface area contributed by atoms with Crippen LogP contribution in [0.5, 0.6) is 0 Å². The lowest BCUT2D eigenvalue weighted by atomic mass is 9.95. The van der Waals surface area contributed by atoms with Crippen molar-refractivity contribution in [1.29, 1.82) is 0 Å². The number of anilines is 1. The minimum absolute atomic E-state index is 0.0272. The first-order chi connectivity index (χ1) is 9.51. The summed E-state index contributed by atoms with van der Waals surface area (Å²) in [6, 6.07) is 3.58. The number of rotatable bonds is 3. The first-order valence-electron chi connectivity index (χ1n) is 7.21. The average Bonchev–Trinajstić information content (AvgIpc) is 2.41. The zero-order valence-electron chi connectivity index (χ0n) is 12.4. The number of β-amino-alcohol motifs (C(OH)–C–C–N with tert-alkyl or cyclic N) is 1. The minimum Gasteiger partial charge on any atom is -0.391 e. The van der Waals surface area contributed by atoms with Crippen LogP contribution < -0.4 is 5.32 Å². The van der Waals surface area contributed by atoms with E-state index in [2.05, 4.69) is 10.3 Å². The van der Waals surface area contributed by atoms with Crippen LogP contribution in [0, 0.1) is 12.8 Å². The standard InChI is InChI=1S/C15H23N3O2/c1-4-16-14-8-12(7-11(3)17-14)15(20)18-6-5-10(2)13(19)9-18/h7-8,10,13,19H,4-6,9H2,1-3H3,(H,16,17). The first kappa shape index (κ1) is 14.8. The Morgan fingerprint density at radius 1 is 1.55 bits per heavy atom. The van der Waals surface area contributed by atoms with E-state index in [1.54, 1.807) is 17.0 Å². The summed E-state index contributed by atoms with van der Waals surface area (Å²) in [5.41, 5.74) is 1.45. The Morgan fingerprint density at radius 2 is 2.30 bits per heavy atom. The van der Waals surface area contributed by atoms with Crippen molar-refractivity contribution in [1.82, 2.24) is 9.88 Å². The highest BCUT2D eigenvalue weighted by Gasteiger charge is 2.28. The number of nitrogens with zero attached hydrogens (tertiary/aromatic N) is 2. The summed E-state index contributed by atoms with van der Waals surface area (Å²) in [6.07, 6.45) is 0.417. The zero-order valence-corrected chi connectivity index (χ0v) is 12.4. The van der Waals surface area contributed by atoms with Crippen molar-refractivity contribution in [3.63, 3.8) is 0 Å². The molecule has 0 spiro atoms. The predicted octanol–water partition coefficient (Wildman–Crippen LogP) is 1.66. The third-order valence-corrected chi connectivity index (χ3v) is 3.76. The van der Waals surface area contributed by atoms with Crippen LogP contribution in [0.2, 0.25) is 0 Å². The van der Waals surface area contributed by atoms with E-state index in [1.807, 2.05) is 20.8 Å². The molecule has 110 valence electrons. The van der Waals surface area contributed by atoms with Crippen molar-refractivity contribution in [2.75, 3.05) is 25.0 Å². The number of hydrogen-bond donors (Lipinski definition) is 2. The summed E-state index contributed by atoms with van der Waals surface area (Å²) in [5, 5.41) is 13.0. The second-order valence-corrected chi connectivity index (χ2v) is 5.50. The molecule has 1 aliphatic heterocycles. The second-order valence-electron chi connectivity index (χ2n) is 5.50. The highest BCUT2D eigenvalue weighted by atomic mass is 16.3. The summed E-state index contributed by atoms with van der Waals surface area (Å²) in [7, 11) is 0. The number of carbonyl (C=O) groups excluding carboxylic acids is 1. The Morgan fingerprint density at radius 3 is 2.95 bits per heavy atom. The van der Waals surface area contributed by atoms with Crippen LogP contribution in [0.15, 0.2) is 12.1 Å². The fourth-order valence-electron chi connectivity index (χ4n) is 2.48. The Kier molecular flexibility index (Phi) is 4.60. The van der Waals surface area contributed by atoms with Crippen molar-refractivity contribution in [3.05, 3.63) is 23.4 Å². The normalized spacial score (nSPS) is 22.7. The van der Waals surface area contributed by atoms with Gasteiger partial charge in [0.25, 0.3) is 5.91 Å². The van der Waals surface area contributed by atoms with E-state index in [-0.39, 0.29) is 11.8 Å². The third-order valence-electron chi connectivity index (χ3n) is 3.76. The maximum absolute atomic E-state index is 12.5. The van der Waals surface area contributed by atoms with Crippen LogP contribution in [0.25, 0.3) is 0 Å². The van der Waals surface area contributed by atoms with E-state index < -0.39 is 6.10 Å². The van der Waals surface area contributed by atoms with Gasteiger partial charge in [-0.25, -0.2) is 4.98 Å². The number of aryl methyl sites for hydroxylation is 1. The summed E-state index contributed by atoms with van der Waals surface area (Å²) in [6.45, 7) is 7.78. The lowest BCUT2D eigenvalue weighted by molar-refractivity contribution is 0.0248. The maximum atomic E-state index is 12.5. The summed E-state index contributed by atoms with van der Waals surface area (Å²) in [5.74, 6) is 0.956. The molecule has 1 amide bonds. The van der Waals surface area contributed by atoms with Gasteiger partial charge in [-0.1, -0.05) is 6.92 Å². The van der Waals surface area contributed by atoms with Crippen LogP contribution in [-0.4, -0.2) is 46.6 Å². The molecule has 1 aromatic rings. The molecular formula is C15H23N3O2. The van der Waals surface area contributed by atoms with E-state index in [0.717, 1.165) is 24.5 Å². The summed E-state index contributed by atoms with van der Waals surface area (Å²) < 4.78 is 0. The van der Waals surface area contributed by atoms with Gasteiger partial charge in [-0.05, 0) is 38.3 Å². The molecule has 0 saturated carbocycles. The van der Waals surface area contributed by atoms with E-state index in [1.165, 1.54) is 0 Å². The molecule has 5 nitrogen and oxygen atoms in total. The van der Waals surface area contributed by atoms with Gasteiger partial charge in [0.15, 0.2) is 0 Å². The van der Waals surface area contributed by atoms with Crippen molar-refractivity contribution in [3.8, 4) is 0 Å². The first-order valence-corrected chi connectivity index (χ1v) is 7.21. The molecule has 20 heavy (non-hydrogen) atoms. The number of hydrogen-bond acceptors (Lipinski definition) is 4. The van der Waals surface area contributed by atoms with Gasteiger partial charge in [-0.3, -0.25) is 4.79 Å². The zero-order chi connectivity index (χ0) is 14.7. The molecule has 2 N–H and O–H groups in total. The lowest BCUT2D eigenvalue weighted by Gasteiger charge is -2.34. The van der Waals surface area contributed by atoms with Gasteiger partial charge in [0, 0.05) is 30.9 Å². The number of pyridine rings is 1. The number of carbonyl (C=O) groups is 1. The topological polar surface area (TPSA) is 65.5 Å². The summed E-state index contributed by atoms with van der Waals surface area (Å²) >= 11 is 0. The molecule has 2 atom stereocenters. The molecule has 1 fully saturated rings. The van der Waals surface area contributed by atoms with E-state index >= 15 is 0 Å². The van der Waals surface area contributed by atoms with Crippen LogP contribution in [-0.2, 0) is 0 Å². The number of nitrogens with one attached hydrogen (secondary N) is 1. The molecule has 1 aromatic heterocycles. The number of likely N-dealkylation sites (tertiary alicyclic amines) is 1. The van der Waals surface area contributed by atoms with Gasteiger partial charge in [-0.15, -0.1) is 0 Å². The molecule has 2 rings (SSSR count). The highest BCUT2D eigenvalue weighted by molar-refractivity contribution is 5.95. The molecule has 1 saturated heterocycles. The maximum Gasteiger partial charge on any atom is 0.254 e. The van der Waals surface area contributed by atoms with Gasteiger partial charge in [0.1, 0.15) is 5.82 Å². The second kappa shape index (κ2) is 6.22. The van der Waals surface area contributed by atoms with E-state index in [4.69, 9.17) is 0 Å². The van der Waals surface area contributed by atoms with E-state index in [0.29, 0.717) is 18.7 Å². The highest BCUT2D eigenvalue weighted by Crippen LogP contribution is 2.20. The van der Waals surface area contributed by atoms with Gasteiger partial charge in [0.2, 0.25) is 0 Å². The Labute approximate surface area is 120 Å². The Hall–Kier alpha value is -1.62. The molecule has 2 heterocycles. The van der Waals surface area contributed by atoms with Crippen molar-refractivity contribution in [2.24, 2.45) is 5.92 Å². The van der Waals surface area contributed by atoms with Crippen molar-refractivity contribution < 1.29 is 9.90 Å². The predicted molar refractivity (Wildman–Crippen MR) is 78.8 cm³/mol. The third kappa shape index (κ3) is 3.28. The average molecular weight is 277 g/mol. The van der Waals surface area contributed by atoms with Gasteiger partial charge in [-0.2, -0.15) is 0 Å². The van der Waals surface area contributed by atoms with Crippen LogP contribution in [0.1, 0.15) is 36.3 Å². The van der Waals surface area contributed by atoms with Gasteiger partial charge in [0.05, 0.1) is 6.10 Å². The number of aliphatic hydroxyl groups is 1. The smallest absolute Gasteiger partial charge is 0.254 e. The Balaban J connectivity index is 2.16. The van der Waals surface area contributed by atoms with Gasteiger partial charge >= 0.3 is 0 Å². The monoisotopic (exact) mass is 277 g/mol. The van der Waals surface area contributed by atoms with Crippen molar-refractivity contribution in [2.45, 2.75) is 33.3 Å². The molecule has 5 heteroatoms. The van der Waals surface area contributed by atoms with Crippen molar-refractivity contribution >= 4 is 11.7 Å². The summed E-state index contributed by atoms with van der Waals surface area (Å²) in [4.78, 5) is 18.6. The van der Waals surface area contributed by atoms with Gasteiger partial charge < -0.3 is 15.3 Å². The fourth-order valence-corrected chi connectivity index (χ4v) is 2.48. The molecule has 0 bridgehead atoms. The number of amides is 1. The molecule has 0 aliphatic carbocycles.